The summed E-state index contributed by atoms with van der Waals surface area (Å²) in [6.07, 6.45) is -0.550. The van der Waals surface area contributed by atoms with Gasteiger partial charge in [-0.3, -0.25) is 14.4 Å². The Bertz CT molecular complexity index is 1710. The molecule has 10 heteroatoms. The summed E-state index contributed by atoms with van der Waals surface area (Å²) >= 11 is 1.69. The number of aliphatic carboxylic acids is 1. The first kappa shape index (κ1) is 35.8. The Kier molecular flexibility index (Phi) is 12.6. The third-order valence-electron chi connectivity index (χ3n) is 8.49. The fraction of sp³-hybridized carbons (Fsp3) is 0.308. The smallest absolute Gasteiger partial charge is 0.303 e. The highest BCUT2D eigenvalue weighted by molar-refractivity contribution is 7.99. The quantitative estimate of drug-likeness (QED) is 0.102. The second-order valence-electron chi connectivity index (χ2n) is 12.1. The third kappa shape index (κ3) is 10.0. The van der Waals surface area contributed by atoms with Crippen molar-refractivity contribution in [3.05, 3.63) is 119 Å². The molecule has 49 heavy (non-hydrogen) atoms. The van der Waals surface area contributed by atoms with E-state index in [0.29, 0.717) is 18.7 Å². The van der Waals surface area contributed by atoms with Gasteiger partial charge in [-0.15, -0.1) is 11.8 Å². The van der Waals surface area contributed by atoms with E-state index >= 15 is 0 Å². The predicted octanol–water partition coefficient (Wildman–Crippen LogP) is 7.26. The number of hydrogen-bond acceptors (Lipinski definition) is 7. The molecule has 4 aromatic carbocycles. The van der Waals surface area contributed by atoms with Crippen LogP contribution in [0.4, 0.5) is 5.69 Å². The van der Waals surface area contributed by atoms with Crippen molar-refractivity contribution >= 4 is 35.2 Å². The molecule has 5 rings (SSSR count). The van der Waals surface area contributed by atoms with Crippen LogP contribution < -0.4 is 10.6 Å². The molecule has 1 aliphatic rings. The van der Waals surface area contributed by atoms with Gasteiger partial charge in [0.2, 0.25) is 11.8 Å². The van der Waals surface area contributed by atoms with Crippen molar-refractivity contribution in [1.82, 2.24) is 5.32 Å². The number of nitrogens with one attached hydrogen (secondary N) is 2. The number of amides is 2. The number of ether oxygens (including phenoxy) is 2. The van der Waals surface area contributed by atoms with Crippen LogP contribution in [0.15, 0.2) is 102 Å². The number of rotatable bonds is 14. The van der Waals surface area contributed by atoms with Crippen molar-refractivity contribution in [2.24, 2.45) is 5.92 Å². The summed E-state index contributed by atoms with van der Waals surface area (Å²) in [4.78, 5) is 35.5. The third-order valence-corrected chi connectivity index (χ3v) is 9.59. The Hall–Kier alpha value is -4.48. The molecule has 4 unspecified atom stereocenters. The molecule has 2 amide bonds. The molecule has 1 saturated heterocycles. The molecule has 1 aliphatic heterocycles. The summed E-state index contributed by atoms with van der Waals surface area (Å²) in [5, 5.41) is 24.1. The number of aliphatic hydroxyl groups excluding tert-OH is 1. The molecule has 4 N–H and O–H groups in total. The van der Waals surface area contributed by atoms with Crippen LogP contribution >= 0.6 is 11.8 Å². The van der Waals surface area contributed by atoms with Gasteiger partial charge in [-0.25, -0.2) is 0 Å². The molecule has 0 aromatic heterocycles. The maximum atomic E-state index is 12.3. The zero-order valence-electron chi connectivity index (χ0n) is 27.6. The van der Waals surface area contributed by atoms with Crippen molar-refractivity contribution in [3.8, 4) is 11.1 Å². The number of benzene rings is 4. The van der Waals surface area contributed by atoms with E-state index in [1.807, 2.05) is 97.1 Å². The fourth-order valence-electron chi connectivity index (χ4n) is 5.78. The Balaban J connectivity index is 1.31. The summed E-state index contributed by atoms with van der Waals surface area (Å²) < 4.78 is 13.3. The Morgan fingerprint density at radius 3 is 2.20 bits per heavy atom. The number of aliphatic hydroxyl groups is 1. The molecule has 4 atom stereocenters. The molecular formula is C39H42N2O7S. The van der Waals surface area contributed by atoms with Crippen molar-refractivity contribution in [2.75, 3.05) is 11.1 Å². The minimum Gasteiger partial charge on any atom is -0.481 e. The second-order valence-corrected chi connectivity index (χ2v) is 13.2. The first-order chi connectivity index (χ1) is 23.7. The van der Waals surface area contributed by atoms with Crippen LogP contribution in [-0.2, 0) is 37.0 Å². The van der Waals surface area contributed by atoms with Gasteiger partial charge in [0.05, 0.1) is 18.8 Å². The van der Waals surface area contributed by atoms with E-state index in [-0.39, 0.29) is 49.4 Å². The summed E-state index contributed by atoms with van der Waals surface area (Å²) in [6.45, 7) is 3.93. The Morgan fingerprint density at radius 2 is 1.53 bits per heavy atom. The number of carboxylic acids is 1. The monoisotopic (exact) mass is 682 g/mol. The number of carbonyl (C=O) groups is 3. The van der Waals surface area contributed by atoms with E-state index in [0.717, 1.165) is 44.0 Å². The summed E-state index contributed by atoms with van der Waals surface area (Å²) in [6, 6.07) is 31.5. The lowest BCUT2D eigenvalue weighted by Gasteiger charge is -2.41. The van der Waals surface area contributed by atoms with Gasteiger partial charge in [0.1, 0.15) is 0 Å². The summed E-state index contributed by atoms with van der Waals surface area (Å²) in [5.74, 6) is -0.468. The first-order valence-electron chi connectivity index (χ1n) is 16.4. The van der Waals surface area contributed by atoms with Gasteiger partial charge in [-0.05, 0) is 58.5 Å². The average Bonchev–Trinajstić information content (AvgIpc) is 3.11. The molecule has 0 radical (unpaired) electrons. The standard InChI is InChI=1S/C39H42N2O7S/c1-25-35(24-49-33-20-18-32(19-21-33)41-26(2)43)47-39(48-38(25)29-12-10-27(23-42)11-13-29)30-16-14-28(15-17-30)34-7-4-3-6-31(34)22-40-36(44)8-5-9-37(45)46/h3-4,6-7,10-21,25,35,38-39,42H,5,8-9,22-24H2,1-2H3,(H,40,44)(H,41,43)(H,45,46). The highest BCUT2D eigenvalue weighted by Crippen LogP contribution is 2.43. The molecule has 0 spiro atoms. The van der Waals surface area contributed by atoms with Gasteiger partial charge in [0.15, 0.2) is 6.29 Å². The maximum Gasteiger partial charge on any atom is 0.303 e. The molecule has 1 fully saturated rings. The minimum absolute atomic E-state index is 0.0261. The van der Waals surface area contributed by atoms with Crippen molar-refractivity contribution in [2.45, 2.75) is 69.7 Å². The minimum atomic E-state index is -0.909. The number of thioether (sulfide) groups is 1. The molecular weight excluding hydrogens is 641 g/mol. The van der Waals surface area contributed by atoms with Crippen molar-refractivity contribution in [3.63, 3.8) is 0 Å². The van der Waals surface area contributed by atoms with E-state index in [1.54, 1.807) is 11.8 Å². The van der Waals surface area contributed by atoms with E-state index in [4.69, 9.17) is 14.6 Å². The van der Waals surface area contributed by atoms with Crippen LogP contribution in [0.2, 0.25) is 0 Å². The lowest BCUT2D eigenvalue weighted by molar-refractivity contribution is -0.268. The van der Waals surface area contributed by atoms with Gasteiger partial charge >= 0.3 is 5.97 Å². The van der Waals surface area contributed by atoms with Crippen molar-refractivity contribution in [1.29, 1.82) is 0 Å². The molecule has 1 heterocycles. The molecule has 0 aliphatic carbocycles. The molecule has 9 nitrogen and oxygen atoms in total. The number of hydrogen-bond donors (Lipinski definition) is 4. The van der Waals surface area contributed by atoms with Crippen LogP contribution in [0.5, 0.6) is 0 Å². The maximum absolute atomic E-state index is 12.3. The molecule has 4 aromatic rings. The Morgan fingerprint density at radius 1 is 0.837 bits per heavy atom. The molecule has 0 bridgehead atoms. The SMILES string of the molecule is CC(=O)Nc1ccc(SCC2OC(c3ccc(-c4ccccc4CNC(=O)CCCC(=O)O)cc3)OC(c3ccc(CO)cc3)C2C)cc1. The van der Waals surface area contributed by atoms with Gasteiger partial charge in [0, 0.05) is 54.1 Å². The van der Waals surface area contributed by atoms with Crippen molar-refractivity contribution < 1.29 is 34.1 Å². The normalized spacial score (nSPS) is 18.8. The Labute approximate surface area is 291 Å². The van der Waals surface area contributed by atoms with E-state index in [1.165, 1.54) is 6.92 Å². The average molecular weight is 683 g/mol. The van der Waals surface area contributed by atoms with Gasteiger partial charge in [-0.2, -0.15) is 0 Å². The second kappa shape index (κ2) is 17.3. The fourth-order valence-corrected chi connectivity index (χ4v) is 6.85. The summed E-state index contributed by atoms with van der Waals surface area (Å²) in [5.41, 5.74) is 6.41. The zero-order chi connectivity index (χ0) is 34.8. The van der Waals surface area contributed by atoms with E-state index in [9.17, 15) is 19.5 Å². The van der Waals surface area contributed by atoms with Gasteiger partial charge in [-0.1, -0.05) is 79.7 Å². The van der Waals surface area contributed by atoms with Crippen LogP contribution in [-0.4, -0.2) is 39.9 Å². The predicted molar refractivity (Wildman–Crippen MR) is 190 cm³/mol. The van der Waals surface area contributed by atoms with E-state index < -0.39 is 12.3 Å². The van der Waals surface area contributed by atoms with Crippen LogP contribution in [0.25, 0.3) is 11.1 Å². The largest absolute Gasteiger partial charge is 0.481 e. The van der Waals surface area contributed by atoms with Crippen LogP contribution in [0.3, 0.4) is 0 Å². The van der Waals surface area contributed by atoms with Crippen LogP contribution in [0, 0.1) is 5.92 Å². The van der Waals surface area contributed by atoms with E-state index in [2.05, 4.69) is 17.6 Å². The topological polar surface area (TPSA) is 134 Å². The molecule has 256 valence electrons. The number of anilines is 1. The number of carbonyl (C=O) groups excluding carboxylic acids is 2. The first-order valence-corrected chi connectivity index (χ1v) is 17.4. The zero-order valence-corrected chi connectivity index (χ0v) is 28.5. The lowest BCUT2D eigenvalue weighted by atomic mass is 9.91. The molecule has 0 saturated carbocycles. The highest BCUT2D eigenvalue weighted by Gasteiger charge is 2.38. The highest BCUT2D eigenvalue weighted by atomic mass is 32.2. The van der Waals surface area contributed by atoms with Crippen LogP contribution in [0.1, 0.15) is 67.8 Å². The number of carboxylic acid groups (broad SMARTS) is 1. The summed E-state index contributed by atoms with van der Waals surface area (Å²) in [7, 11) is 0. The van der Waals surface area contributed by atoms with Gasteiger partial charge in [0.25, 0.3) is 0 Å². The lowest BCUT2D eigenvalue weighted by Crippen LogP contribution is -2.38. The van der Waals surface area contributed by atoms with Gasteiger partial charge < -0.3 is 30.3 Å².